The number of hydrogen-bond donors (Lipinski definition) is 2. The van der Waals surface area contributed by atoms with Gasteiger partial charge in [-0.3, -0.25) is 19.4 Å². The molecule has 152 valence electrons. The summed E-state index contributed by atoms with van der Waals surface area (Å²) in [5, 5.41) is 5.35. The molecule has 0 atom stereocenters. The third-order valence-corrected chi connectivity index (χ3v) is 5.05. The van der Waals surface area contributed by atoms with Crippen LogP contribution in [-0.4, -0.2) is 82.4 Å². The van der Waals surface area contributed by atoms with E-state index in [9.17, 15) is 19.2 Å². The van der Waals surface area contributed by atoms with Crippen LogP contribution >= 0.6 is 0 Å². The van der Waals surface area contributed by atoms with Gasteiger partial charge in [0.25, 0.3) is 11.8 Å². The van der Waals surface area contributed by atoms with Crippen LogP contribution in [0.1, 0.15) is 47.5 Å². The van der Waals surface area contributed by atoms with Gasteiger partial charge >= 0.3 is 12.1 Å². The summed E-state index contributed by atoms with van der Waals surface area (Å²) in [6.07, 6.45) is 1.36. The first-order valence-electron chi connectivity index (χ1n) is 9.50. The van der Waals surface area contributed by atoms with Gasteiger partial charge in [0.05, 0.1) is 0 Å². The van der Waals surface area contributed by atoms with Crippen LogP contribution in [-0.2, 0) is 9.59 Å². The number of urea groups is 2. The quantitative estimate of drug-likeness (QED) is 0.574. The molecular weight excluding hydrogens is 350 g/mol. The van der Waals surface area contributed by atoms with Crippen LogP contribution < -0.4 is 10.6 Å². The van der Waals surface area contributed by atoms with E-state index < -0.39 is 11.1 Å². The number of hydrogen-bond acceptors (Lipinski definition) is 5. The highest BCUT2D eigenvalue weighted by Gasteiger charge is 2.44. The third-order valence-electron chi connectivity index (χ3n) is 5.05. The second kappa shape index (κ2) is 7.84. The van der Waals surface area contributed by atoms with Crippen molar-refractivity contribution >= 4 is 23.9 Å². The van der Waals surface area contributed by atoms with Gasteiger partial charge in [0, 0.05) is 13.1 Å². The first kappa shape index (κ1) is 21.1. The minimum atomic E-state index is -0.835. The monoisotopic (exact) mass is 381 g/mol. The molecule has 0 radical (unpaired) electrons. The number of rotatable bonds is 9. The van der Waals surface area contributed by atoms with Gasteiger partial charge in [-0.2, -0.15) is 0 Å². The van der Waals surface area contributed by atoms with Gasteiger partial charge in [0.15, 0.2) is 0 Å². The molecule has 0 spiro atoms. The highest BCUT2D eigenvalue weighted by Crippen LogP contribution is 2.18. The van der Waals surface area contributed by atoms with E-state index in [1.165, 1.54) is 9.80 Å². The minimum Gasteiger partial charge on any atom is -0.324 e. The molecular formula is C18H31N5O4. The van der Waals surface area contributed by atoms with Crippen molar-refractivity contribution in [2.45, 2.75) is 58.5 Å². The highest BCUT2D eigenvalue weighted by molar-refractivity contribution is 6.07. The van der Waals surface area contributed by atoms with Gasteiger partial charge < -0.3 is 15.5 Å². The van der Waals surface area contributed by atoms with E-state index in [4.69, 9.17) is 0 Å². The molecule has 0 aromatic heterocycles. The average molecular weight is 381 g/mol. The smallest absolute Gasteiger partial charge is 0.324 e. The number of nitrogens with zero attached hydrogens (tertiary/aromatic N) is 3. The highest BCUT2D eigenvalue weighted by atomic mass is 16.2. The molecule has 6 amide bonds. The Kier molecular flexibility index (Phi) is 6.14. The van der Waals surface area contributed by atoms with Crippen LogP contribution in [0, 0.1) is 0 Å². The number of amides is 6. The Balaban J connectivity index is 1.74. The molecule has 2 N–H and O–H groups in total. The Labute approximate surface area is 160 Å². The summed E-state index contributed by atoms with van der Waals surface area (Å²) >= 11 is 0. The lowest BCUT2D eigenvalue weighted by atomic mass is 10.1. The van der Waals surface area contributed by atoms with E-state index in [1.807, 2.05) is 6.92 Å². The fraction of sp³-hybridized carbons (Fsp3) is 0.778. The Bertz CT molecular complexity index is 579. The van der Waals surface area contributed by atoms with Crippen molar-refractivity contribution in [3.8, 4) is 0 Å². The summed E-state index contributed by atoms with van der Waals surface area (Å²) in [6, 6.07) is -0.677. The van der Waals surface area contributed by atoms with E-state index in [-0.39, 0.29) is 23.9 Å². The lowest BCUT2D eigenvalue weighted by Gasteiger charge is -2.23. The van der Waals surface area contributed by atoms with E-state index in [0.29, 0.717) is 25.9 Å². The summed E-state index contributed by atoms with van der Waals surface area (Å²) in [5.41, 5.74) is -1.67. The van der Waals surface area contributed by atoms with Gasteiger partial charge in [-0.1, -0.05) is 6.92 Å². The van der Waals surface area contributed by atoms with E-state index in [0.717, 1.165) is 19.6 Å². The molecule has 27 heavy (non-hydrogen) atoms. The van der Waals surface area contributed by atoms with Gasteiger partial charge in [-0.05, 0) is 60.2 Å². The molecule has 2 rings (SSSR count). The summed E-state index contributed by atoms with van der Waals surface area (Å²) in [7, 11) is 0. The Hall–Kier alpha value is -2.16. The van der Waals surface area contributed by atoms with Crippen LogP contribution in [0.3, 0.4) is 0 Å². The standard InChI is InChI=1S/C18H31N5O4/c1-6-21(9-7-11-22-13(24)17(2,3)19-15(22)26)10-8-12-23-14(25)18(4,5)20-16(23)27/h6-12H2,1-5H3,(H,19,26)(H,20,27). The second-order valence-corrected chi connectivity index (χ2v) is 8.17. The van der Waals surface area contributed by atoms with E-state index >= 15 is 0 Å². The third kappa shape index (κ3) is 4.58. The molecule has 2 aliphatic heterocycles. The zero-order valence-electron chi connectivity index (χ0n) is 16.9. The molecule has 9 heteroatoms. The molecule has 0 unspecified atom stereocenters. The summed E-state index contributed by atoms with van der Waals surface area (Å²) in [6.45, 7) is 11.9. The van der Waals surface area contributed by atoms with Crippen LogP contribution in [0.25, 0.3) is 0 Å². The molecule has 2 saturated heterocycles. The van der Waals surface area contributed by atoms with Crippen molar-refractivity contribution in [3.05, 3.63) is 0 Å². The van der Waals surface area contributed by atoms with Gasteiger partial charge in [0.2, 0.25) is 0 Å². The van der Waals surface area contributed by atoms with Gasteiger partial charge in [-0.15, -0.1) is 0 Å². The van der Waals surface area contributed by atoms with Gasteiger partial charge in [0.1, 0.15) is 11.1 Å². The minimum absolute atomic E-state index is 0.197. The largest absolute Gasteiger partial charge is 0.325 e. The molecule has 2 aliphatic rings. The summed E-state index contributed by atoms with van der Waals surface area (Å²) in [4.78, 5) is 52.8. The van der Waals surface area contributed by atoms with E-state index in [2.05, 4.69) is 15.5 Å². The maximum atomic E-state index is 12.2. The lowest BCUT2D eigenvalue weighted by Crippen LogP contribution is -2.41. The van der Waals surface area contributed by atoms with Crippen molar-refractivity contribution < 1.29 is 19.2 Å². The number of imide groups is 2. The predicted molar refractivity (Wildman–Crippen MR) is 100.0 cm³/mol. The fourth-order valence-electron chi connectivity index (χ4n) is 3.37. The van der Waals surface area contributed by atoms with Gasteiger partial charge in [-0.25, -0.2) is 9.59 Å². The number of carbonyl (C=O) groups excluding carboxylic acids is 4. The maximum absolute atomic E-state index is 12.2. The first-order valence-corrected chi connectivity index (χ1v) is 9.50. The summed E-state index contributed by atoms with van der Waals surface area (Å²) in [5.74, 6) is -0.395. The van der Waals surface area contributed by atoms with Crippen LogP contribution in [0.4, 0.5) is 9.59 Å². The summed E-state index contributed by atoms with van der Waals surface area (Å²) < 4.78 is 0. The predicted octanol–water partition coefficient (Wildman–Crippen LogP) is 0.749. The van der Waals surface area contributed by atoms with Crippen LogP contribution in [0.2, 0.25) is 0 Å². The van der Waals surface area contributed by atoms with E-state index in [1.54, 1.807) is 27.7 Å². The molecule has 0 aromatic carbocycles. The van der Waals surface area contributed by atoms with Crippen LogP contribution in [0.5, 0.6) is 0 Å². The maximum Gasteiger partial charge on any atom is 0.325 e. The molecule has 0 saturated carbocycles. The van der Waals surface area contributed by atoms with Crippen LogP contribution in [0.15, 0.2) is 0 Å². The normalized spacial score (nSPS) is 21.3. The van der Waals surface area contributed by atoms with Crippen molar-refractivity contribution in [2.24, 2.45) is 0 Å². The molecule has 9 nitrogen and oxygen atoms in total. The molecule has 0 bridgehead atoms. The fourth-order valence-corrected chi connectivity index (χ4v) is 3.37. The first-order chi connectivity index (χ1) is 12.5. The Morgan fingerprint density at radius 3 is 1.41 bits per heavy atom. The van der Waals surface area contributed by atoms with Crippen molar-refractivity contribution in [1.82, 2.24) is 25.3 Å². The SMILES string of the molecule is CCN(CCCN1C(=O)NC(C)(C)C1=O)CCCN1C(=O)NC(C)(C)C1=O. The Morgan fingerprint density at radius 1 is 0.778 bits per heavy atom. The molecule has 0 aliphatic carbocycles. The average Bonchev–Trinajstić information content (AvgIpc) is 2.88. The second-order valence-electron chi connectivity index (χ2n) is 8.17. The van der Waals surface area contributed by atoms with Crippen molar-refractivity contribution in [2.75, 3.05) is 32.7 Å². The Morgan fingerprint density at radius 2 is 1.15 bits per heavy atom. The number of nitrogens with one attached hydrogen (secondary N) is 2. The molecule has 0 aromatic rings. The van der Waals surface area contributed by atoms with Crippen molar-refractivity contribution in [3.63, 3.8) is 0 Å². The zero-order valence-corrected chi connectivity index (χ0v) is 16.9. The lowest BCUT2D eigenvalue weighted by molar-refractivity contribution is -0.130. The molecule has 2 heterocycles. The zero-order chi connectivity index (χ0) is 20.4. The number of carbonyl (C=O) groups is 4. The van der Waals surface area contributed by atoms with Crippen molar-refractivity contribution in [1.29, 1.82) is 0 Å². The topological polar surface area (TPSA) is 102 Å². The molecule has 2 fully saturated rings.